The van der Waals surface area contributed by atoms with Gasteiger partial charge < -0.3 is 10.2 Å². The Bertz CT molecular complexity index is 91.0. The topological polar surface area (TPSA) is 50.4 Å². The van der Waals surface area contributed by atoms with Gasteiger partial charge in [0.2, 0.25) is 0 Å². The van der Waals surface area contributed by atoms with Gasteiger partial charge in [-0.3, -0.25) is 4.79 Å². The van der Waals surface area contributed by atoms with Crippen LogP contribution in [-0.2, 0) is 9.63 Å². The Morgan fingerprint density at radius 3 is 3.22 bits per heavy atom. The van der Waals surface area contributed by atoms with E-state index in [1.807, 2.05) is 0 Å². The second-order valence-electron chi connectivity index (χ2n) is 2.02. The Morgan fingerprint density at radius 2 is 2.67 bits per heavy atom. The average molecular weight is 130 g/mol. The lowest BCUT2D eigenvalue weighted by atomic mass is 10.3. The first kappa shape index (κ1) is 6.51. The Labute approximate surface area is 53.5 Å². The molecule has 0 aliphatic carbocycles. The summed E-state index contributed by atoms with van der Waals surface area (Å²) in [6.45, 7) is 2.28. The van der Waals surface area contributed by atoms with Crippen LogP contribution in [0.25, 0.3) is 0 Å². The van der Waals surface area contributed by atoms with Crippen molar-refractivity contribution in [2.45, 2.75) is 12.5 Å². The quantitative estimate of drug-likeness (QED) is 0.381. The highest BCUT2D eigenvalue weighted by molar-refractivity contribution is 5.36. The Hall–Kier alpha value is -0.610. The Morgan fingerprint density at radius 1 is 1.78 bits per heavy atom. The number of nitrogens with one attached hydrogen (secondary N) is 2. The molecule has 0 radical (unpaired) electrons. The lowest BCUT2D eigenvalue weighted by Crippen LogP contribution is -2.30. The van der Waals surface area contributed by atoms with E-state index < -0.39 is 0 Å². The largest absolute Gasteiger partial charge is 0.373 e. The van der Waals surface area contributed by atoms with E-state index in [9.17, 15) is 4.79 Å². The third kappa shape index (κ3) is 1.99. The van der Waals surface area contributed by atoms with Crippen LogP contribution in [0.1, 0.15) is 6.42 Å². The first-order chi connectivity index (χ1) is 4.43. The van der Waals surface area contributed by atoms with Crippen LogP contribution in [0, 0.1) is 0 Å². The first-order valence-electron chi connectivity index (χ1n) is 2.99. The highest BCUT2D eigenvalue weighted by atomic mass is 16.7. The maximum absolute atomic E-state index is 9.66. The van der Waals surface area contributed by atoms with Crippen molar-refractivity contribution < 1.29 is 9.63 Å². The molecule has 0 saturated carbocycles. The number of rotatable bonds is 3. The predicted octanol–water partition coefficient (Wildman–Crippen LogP) is -0.974. The summed E-state index contributed by atoms with van der Waals surface area (Å²) in [4.78, 5) is 14.0. The molecule has 4 heteroatoms. The molecule has 1 fully saturated rings. The fourth-order valence-electron chi connectivity index (χ4n) is 0.879. The molecular weight excluding hydrogens is 120 g/mol. The zero-order valence-corrected chi connectivity index (χ0v) is 5.09. The third-order valence-corrected chi connectivity index (χ3v) is 1.34. The van der Waals surface area contributed by atoms with E-state index >= 15 is 0 Å². The molecule has 0 spiro atoms. The summed E-state index contributed by atoms with van der Waals surface area (Å²) in [5, 5.41) is 3.12. The predicted molar refractivity (Wildman–Crippen MR) is 31.6 cm³/mol. The molecule has 1 heterocycles. The van der Waals surface area contributed by atoms with E-state index in [0.29, 0.717) is 12.5 Å². The molecule has 9 heavy (non-hydrogen) atoms. The first-order valence-corrected chi connectivity index (χ1v) is 2.99. The number of carbonyl (C=O) groups excluding carboxylic acids is 1. The summed E-state index contributed by atoms with van der Waals surface area (Å²) >= 11 is 0. The van der Waals surface area contributed by atoms with Gasteiger partial charge in [0.25, 0.3) is 0 Å². The Balaban J connectivity index is 2.04. The second-order valence-corrected chi connectivity index (χ2v) is 2.02. The van der Waals surface area contributed by atoms with Gasteiger partial charge in [-0.1, -0.05) is 0 Å². The number of hydrogen-bond donors (Lipinski definition) is 2. The lowest BCUT2D eigenvalue weighted by Gasteiger charge is -2.05. The van der Waals surface area contributed by atoms with Crippen LogP contribution in [-0.4, -0.2) is 25.6 Å². The van der Waals surface area contributed by atoms with Crippen LogP contribution in [0.2, 0.25) is 0 Å². The summed E-state index contributed by atoms with van der Waals surface area (Å²) in [6.07, 6.45) is 1.02. The fraction of sp³-hybridized carbons (Fsp3) is 0.800. The fourth-order valence-corrected chi connectivity index (χ4v) is 0.879. The van der Waals surface area contributed by atoms with Crippen LogP contribution in [0.15, 0.2) is 0 Å². The van der Waals surface area contributed by atoms with Crippen LogP contribution in [0.3, 0.4) is 0 Å². The molecule has 1 atom stereocenters. The minimum absolute atomic E-state index is 0.301. The van der Waals surface area contributed by atoms with E-state index in [2.05, 4.69) is 15.6 Å². The SMILES string of the molecule is O=CONC1CCNC1. The summed E-state index contributed by atoms with van der Waals surface area (Å²) in [5.74, 6) is 0. The van der Waals surface area contributed by atoms with Crippen LogP contribution in [0.5, 0.6) is 0 Å². The van der Waals surface area contributed by atoms with Crippen molar-refractivity contribution in [3.63, 3.8) is 0 Å². The number of hydrogen-bond acceptors (Lipinski definition) is 4. The second kappa shape index (κ2) is 3.42. The molecule has 0 aromatic carbocycles. The molecule has 1 unspecified atom stereocenters. The van der Waals surface area contributed by atoms with Gasteiger partial charge >= 0.3 is 6.47 Å². The molecule has 0 aromatic rings. The molecule has 1 aliphatic heterocycles. The van der Waals surface area contributed by atoms with Gasteiger partial charge in [0.05, 0.1) is 6.04 Å². The average Bonchev–Trinajstić information content (AvgIpc) is 2.34. The molecule has 0 aromatic heterocycles. The van der Waals surface area contributed by atoms with Crippen molar-refractivity contribution in [3.8, 4) is 0 Å². The minimum atomic E-state index is 0.301. The smallest absolute Gasteiger partial charge is 0.312 e. The van der Waals surface area contributed by atoms with Crippen LogP contribution in [0.4, 0.5) is 0 Å². The van der Waals surface area contributed by atoms with Crippen LogP contribution >= 0.6 is 0 Å². The molecule has 1 rings (SSSR count). The van der Waals surface area contributed by atoms with Gasteiger partial charge in [-0.15, -0.1) is 5.48 Å². The van der Waals surface area contributed by atoms with Gasteiger partial charge in [-0.05, 0) is 13.0 Å². The van der Waals surface area contributed by atoms with Crippen molar-refractivity contribution in [3.05, 3.63) is 0 Å². The number of carbonyl (C=O) groups is 1. The molecule has 0 amide bonds. The van der Waals surface area contributed by atoms with Crippen molar-refractivity contribution in [2.24, 2.45) is 0 Å². The lowest BCUT2D eigenvalue weighted by molar-refractivity contribution is -0.136. The van der Waals surface area contributed by atoms with E-state index in [0.717, 1.165) is 19.5 Å². The normalized spacial score (nSPS) is 26.0. The molecule has 1 saturated heterocycles. The summed E-state index contributed by atoms with van der Waals surface area (Å²) in [5.41, 5.74) is 2.60. The maximum atomic E-state index is 9.66. The third-order valence-electron chi connectivity index (χ3n) is 1.34. The molecule has 4 nitrogen and oxygen atoms in total. The maximum Gasteiger partial charge on any atom is 0.312 e. The zero-order chi connectivity index (χ0) is 6.53. The van der Waals surface area contributed by atoms with E-state index in [4.69, 9.17) is 0 Å². The molecule has 2 N–H and O–H groups in total. The summed E-state index contributed by atoms with van der Waals surface area (Å²) in [6, 6.07) is 0.301. The minimum Gasteiger partial charge on any atom is -0.373 e. The van der Waals surface area contributed by atoms with Gasteiger partial charge in [-0.25, -0.2) is 0 Å². The highest BCUT2D eigenvalue weighted by Crippen LogP contribution is 1.95. The van der Waals surface area contributed by atoms with E-state index in [1.54, 1.807) is 0 Å². The monoisotopic (exact) mass is 130 g/mol. The zero-order valence-electron chi connectivity index (χ0n) is 5.09. The summed E-state index contributed by atoms with van der Waals surface area (Å²) in [7, 11) is 0. The standard InChI is InChI=1S/C5H10N2O2/c8-4-9-7-5-1-2-6-3-5/h4-7H,1-3H2. The van der Waals surface area contributed by atoms with E-state index in [-0.39, 0.29) is 0 Å². The van der Waals surface area contributed by atoms with Crippen molar-refractivity contribution in [1.82, 2.24) is 10.8 Å². The van der Waals surface area contributed by atoms with E-state index in [1.165, 1.54) is 0 Å². The van der Waals surface area contributed by atoms with Crippen molar-refractivity contribution >= 4 is 6.47 Å². The molecule has 52 valence electrons. The van der Waals surface area contributed by atoms with Gasteiger partial charge in [-0.2, -0.15) is 0 Å². The van der Waals surface area contributed by atoms with Gasteiger partial charge in [0, 0.05) is 6.54 Å². The van der Waals surface area contributed by atoms with Crippen LogP contribution < -0.4 is 10.8 Å². The molecular formula is C5H10N2O2. The van der Waals surface area contributed by atoms with Gasteiger partial charge in [0.1, 0.15) is 0 Å². The highest BCUT2D eigenvalue weighted by Gasteiger charge is 2.13. The van der Waals surface area contributed by atoms with Gasteiger partial charge in [0.15, 0.2) is 0 Å². The molecule has 1 aliphatic rings. The van der Waals surface area contributed by atoms with Crippen molar-refractivity contribution in [1.29, 1.82) is 0 Å². The van der Waals surface area contributed by atoms with Crippen molar-refractivity contribution in [2.75, 3.05) is 13.1 Å². The Kier molecular flexibility index (Phi) is 2.48. The molecule has 0 bridgehead atoms. The summed E-state index contributed by atoms with van der Waals surface area (Å²) < 4.78 is 0. The number of hydroxylamine groups is 1.